The van der Waals surface area contributed by atoms with Crippen LogP contribution in [0.5, 0.6) is 0 Å². The first kappa shape index (κ1) is 17.2. The third kappa shape index (κ3) is 3.29. The van der Waals surface area contributed by atoms with Gasteiger partial charge in [-0.1, -0.05) is 18.7 Å². The van der Waals surface area contributed by atoms with Gasteiger partial charge in [0.1, 0.15) is 18.3 Å². The van der Waals surface area contributed by atoms with Gasteiger partial charge < -0.3 is 14.2 Å². The number of hydrogen-bond donors (Lipinski definition) is 0. The highest BCUT2D eigenvalue weighted by Crippen LogP contribution is 2.38. The molecule has 1 saturated heterocycles. The van der Waals surface area contributed by atoms with Crippen LogP contribution in [0.4, 0.5) is 0 Å². The molecule has 0 aromatic carbocycles. The van der Waals surface area contributed by atoms with Crippen molar-refractivity contribution in [1.29, 1.82) is 0 Å². The van der Waals surface area contributed by atoms with Gasteiger partial charge in [-0.25, -0.2) is 14.4 Å². The van der Waals surface area contributed by atoms with E-state index in [0.717, 1.165) is 5.57 Å². The number of esters is 3. The molecule has 4 atom stereocenters. The minimum atomic E-state index is -0.771. The summed E-state index contributed by atoms with van der Waals surface area (Å²) >= 11 is 0. The Morgan fingerprint density at radius 3 is 2.60 bits per heavy atom. The molecule has 0 radical (unpaired) electrons. The number of carbonyl (C=O) groups is 3. The minimum absolute atomic E-state index is 0.137. The van der Waals surface area contributed by atoms with E-state index >= 15 is 0 Å². The predicted octanol–water partition coefficient (Wildman–Crippen LogP) is 2.16. The maximum atomic E-state index is 12.1. The fraction of sp³-hybridized carbons (Fsp3) is 0.421. The summed E-state index contributed by atoms with van der Waals surface area (Å²) in [4.78, 5) is 36.2. The van der Waals surface area contributed by atoms with Gasteiger partial charge in [0.2, 0.25) is 0 Å². The Morgan fingerprint density at radius 1 is 1.20 bits per heavy atom. The van der Waals surface area contributed by atoms with Crippen molar-refractivity contribution < 1.29 is 28.6 Å². The molecule has 132 valence electrons. The van der Waals surface area contributed by atoms with Crippen LogP contribution < -0.4 is 0 Å². The molecule has 0 saturated carbocycles. The normalized spacial score (nSPS) is 31.4. The van der Waals surface area contributed by atoms with Crippen LogP contribution in [0.25, 0.3) is 0 Å². The van der Waals surface area contributed by atoms with Gasteiger partial charge in [0, 0.05) is 29.6 Å². The molecular formula is C19H20O6. The summed E-state index contributed by atoms with van der Waals surface area (Å²) in [6, 6.07) is 0. The van der Waals surface area contributed by atoms with Crippen LogP contribution in [0, 0.1) is 5.92 Å². The predicted molar refractivity (Wildman–Crippen MR) is 88.2 cm³/mol. The summed E-state index contributed by atoms with van der Waals surface area (Å²) in [7, 11) is 0. The van der Waals surface area contributed by atoms with E-state index in [4.69, 9.17) is 14.2 Å². The molecule has 0 N–H and O–H groups in total. The van der Waals surface area contributed by atoms with Crippen LogP contribution in [0.15, 0.2) is 47.6 Å². The van der Waals surface area contributed by atoms with E-state index in [2.05, 4.69) is 13.2 Å². The van der Waals surface area contributed by atoms with Crippen molar-refractivity contribution in [3.8, 4) is 0 Å². The van der Waals surface area contributed by atoms with Crippen molar-refractivity contribution in [2.24, 2.45) is 5.92 Å². The Morgan fingerprint density at radius 2 is 1.92 bits per heavy atom. The molecule has 0 aromatic rings. The van der Waals surface area contributed by atoms with Crippen molar-refractivity contribution in [3.05, 3.63) is 47.6 Å². The fourth-order valence-electron chi connectivity index (χ4n) is 3.33. The first-order valence-corrected chi connectivity index (χ1v) is 8.11. The standard InChI is InChI=1S/C19H20O6/c1-9(2)17(20)24-15-8-12-7-13(23-19(12)22)5-10(3)6-14-16(15)11(4)18(21)25-14/h6-7,13-16H,1,4-5,8H2,2-3H3/t13?,14-,15+,16+/m0/s1. The Balaban J connectivity index is 2.01. The van der Waals surface area contributed by atoms with Crippen molar-refractivity contribution in [3.63, 3.8) is 0 Å². The Labute approximate surface area is 145 Å². The molecule has 0 spiro atoms. The van der Waals surface area contributed by atoms with Gasteiger partial charge in [-0.3, -0.25) is 0 Å². The summed E-state index contributed by atoms with van der Waals surface area (Å²) < 4.78 is 16.3. The van der Waals surface area contributed by atoms with Gasteiger partial charge >= 0.3 is 17.9 Å². The SMILES string of the molecule is C=C(C)C(=O)O[C@@H]1CC2=CC(CC(C)=C[C@@H]3OC(=O)C(=C)[C@H]31)OC2=O. The molecular weight excluding hydrogens is 324 g/mol. The summed E-state index contributed by atoms with van der Waals surface area (Å²) in [6.45, 7) is 10.8. The molecule has 2 aliphatic heterocycles. The van der Waals surface area contributed by atoms with Crippen molar-refractivity contribution >= 4 is 17.9 Å². The molecule has 6 heteroatoms. The lowest BCUT2D eigenvalue weighted by molar-refractivity contribution is -0.148. The third-order valence-electron chi connectivity index (χ3n) is 4.57. The van der Waals surface area contributed by atoms with Crippen LogP contribution in [0.2, 0.25) is 0 Å². The zero-order chi connectivity index (χ0) is 18.3. The molecule has 0 aromatic heterocycles. The van der Waals surface area contributed by atoms with Crippen molar-refractivity contribution in [1.82, 2.24) is 0 Å². The molecule has 2 bridgehead atoms. The van der Waals surface area contributed by atoms with Crippen LogP contribution in [0.3, 0.4) is 0 Å². The topological polar surface area (TPSA) is 78.9 Å². The molecule has 3 aliphatic rings. The Bertz CT molecular complexity index is 741. The largest absolute Gasteiger partial charge is 0.458 e. The molecule has 6 nitrogen and oxygen atoms in total. The van der Waals surface area contributed by atoms with Crippen LogP contribution in [-0.2, 0) is 28.6 Å². The Kier molecular flexibility index (Phi) is 4.37. The number of carbonyl (C=O) groups excluding carboxylic acids is 3. The highest BCUT2D eigenvalue weighted by atomic mass is 16.6. The summed E-state index contributed by atoms with van der Waals surface area (Å²) in [5, 5.41) is 0. The minimum Gasteiger partial charge on any atom is -0.458 e. The van der Waals surface area contributed by atoms with Crippen molar-refractivity contribution in [2.75, 3.05) is 0 Å². The van der Waals surface area contributed by atoms with Crippen LogP contribution in [0.1, 0.15) is 26.7 Å². The molecule has 2 heterocycles. The first-order valence-electron chi connectivity index (χ1n) is 8.11. The molecule has 1 unspecified atom stereocenters. The Hall–Kier alpha value is -2.63. The second-order valence-electron chi connectivity index (χ2n) is 6.70. The average Bonchev–Trinajstić information content (AvgIpc) is 2.98. The molecule has 1 aliphatic carbocycles. The number of ether oxygens (including phenoxy) is 3. The summed E-state index contributed by atoms with van der Waals surface area (Å²) in [6.07, 6.45) is 2.52. The van der Waals surface area contributed by atoms with Gasteiger partial charge in [-0.05, 0) is 26.0 Å². The van der Waals surface area contributed by atoms with Crippen molar-refractivity contribution in [2.45, 2.75) is 45.0 Å². The quantitative estimate of drug-likeness (QED) is 0.331. The lowest BCUT2D eigenvalue weighted by Crippen LogP contribution is -2.34. The third-order valence-corrected chi connectivity index (χ3v) is 4.57. The lowest BCUT2D eigenvalue weighted by Gasteiger charge is -2.26. The molecule has 0 amide bonds. The second kappa shape index (κ2) is 6.35. The smallest absolute Gasteiger partial charge is 0.334 e. The van der Waals surface area contributed by atoms with E-state index in [-0.39, 0.29) is 23.7 Å². The van der Waals surface area contributed by atoms with E-state index in [1.54, 1.807) is 6.08 Å². The highest BCUT2D eigenvalue weighted by Gasteiger charge is 2.46. The van der Waals surface area contributed by atoms with Gasteiger partial charge in [0.25, 0.3) is 0 Å². The summed E-state index contributed by atoms with van der Waals surface area (Å²) in [5.41, 5.74) is 1.82. The monoisotopic (exact) mass is 344 g/mol. The molecule has 3 rings (SSSR count). The number of hydrogen-bond acceptors (Lipinski definition) is 6. The highest BCUT2D eigenvalue weighted by molar-refractivity contribution is 5.93. The van der Waals surface area contributed by atoms with Crippen LogP contribution in [-0.4, -0.2) is 36.2 Å². The van der Waals surface area contributed by atoms with E-state index in [1.165, 1.54) is 6.92 Å². The van der Waals surface area contributed by atoms with Crippen LogP contribution >= 0.6 is 0 Å². The zero-order valence-corrected chi connectivity index (χ0v) is 14.2. The fourth-order valence-corrected chi connectivity index (χ4v) is 3.33. The molecule has 25 heavy (non-hydrogen) atoms. The number of rotatable bonds is 2. The second-order valence-corrected chi connectivity index (χ2v) is 6.70. The van der Waals surface area contributed by atoms with Gasteiger partial charge in [-0.2, -0.15) is 0 Å². The van der Waals surface area contributed by atoms with Gasteiger partial charge in [0.05, 0.1) is 5.92 Å². The lowest BCUT2D eigenvalue weighted by atomic mass is 9.85. The van der Waals surface area contributed by atoms with E-state index < -0.39 is 36.0 Å². The van der Waals surface area contributed by atoms with E-state index in [0.29, 0.717) is 12.0 Å². The average molecular weight is 344 g/mol. The van der Waals surface area contributed by atoms with E-state index in [1.807, 2.05) is 13.0 Å². The molecule has 1 fully saturated rings. The summed E-state index contributed by atoms with van der Waals surface area (Å²) in [5.74, 6) is -2.09. The maximum Gasteiger partial charge on any atom is 0.334 e. The maximum absolute atomic E-state index is 12.1. The van der Waals surface area contributed by atoms with Gasteiger partial charge in [-0.15, -0.1) is 0 Å². The zero-order valence-electron chi connectivity index (χ0n) is 14.2. The first-order chi connectivity index (χ1) is 11.8. The van der Waals surface area contributed by atoms with Gasteiger partial charge in [0.15, 0.2) is 0 Å². The van der Waals surface area contributed by atoms with E-state index in [9.17, 15) is 14.4 Å². The number of fused-ring (bicyclic) bond motifs is 2.